The van der Waals surface area contributed by atoms with Crippen LogP contribution in [0.4, 0.5) is 0 Å². The smallest absolute Gasteiger partial charge is 0.0640 e. The summed E-state index contributed by atoms with van der Waals surface area (Å²) in [6.45, 7) is 0. The lowest BCUT2D eigenvalue weighted by Crippen LogP contribution is -2.12. The van der Waals surface area contributed by atoms with Gasteiger partial charge in [0, 0.05) is 22.2 Å². The van der Waals surface area contributed by atoms with Crippen LogP contribution in [0, 0.1) is 0 Å². The van der Waals surface area contributed by atoms with Crippen molar-refractivity contribution in [2.24, 2.45) is 5.73 Å². The number of hydrogen-bond acceptors (Lipinski definition) is 3. The van der Waals surface area contributed by atoms with E-state index in [4.69, 9.17) is 17.3 Å². The summed E-state index contributed by atoms with van der Waals surface area (Å²) >= 11 is 11.1. The Morgan fingerprint density at radius 3 is 2.80 bits per heavy atom. The van der Waals surface area contributed by atoms with E-state index in [9.17, 15) is 0 Å². The SMILES string of the molecule is NC(c1ccncc1Cl)c1cscc1Br. The van der Waals surface area contributed by atoms with Gasteiger partial charge in [0.2, 0.25) is 0 Å². The zero-order chi connectivity index (χ0) is 10.8. The summed E-state index contributed by atoms with van der Waals surface area (Å²) in [6.07, 6.45) is 3.30. The van der Waals surface area contributed by atoms with Crippen molar-refractivity contribution in [1.82, 2.24) is 4.98 Å². The highest BCUT2D eigenvalue weighted by Gasteiger charge is 2.15. The van der Waals surface area contributed by atoms with Gasteiger partial charge in [0.05, 0.1) is 11.1 Å². The number of hydrogen-bond donors (Lipinski definition) is 1. The van der Waals surface area contributed by atoms with Crippen molar-refractivity contribution in [3.63, 3.8) is 0 Å². The Bertz CT molecular complexity index is 472. The molecule has 15 heavy (non-hydrogen) atoms. The maximum absolute atomic E-state index is 6.13. The normalized spacial score (nSPS) is 12.7. The van der Waals surface area contributed by atoms with Crippen molar-refractivity contribution >= 4 is 38.9 Å². The van der Waals surface area contributed by atoms with Crippen LogP contribution in [0.3, 0.4) is 0 Å². The molecule has 2 nitrogen and oxygen atoms in total. The van der Waals surface area contributed by atoms with E-state index in [1.807, 2.05) is 16.8 Å². The average molecular weight is 304 g/mol. The molecule has 0 fully saturated rings. The monoisotopic (exact) mass is 302 g/mol. The zero-order valence-electron chi connectivity index (χ0n) is 7.65. The number of pyridine rings is 1. The minimum atomic E-state index is -0.207. The highest BCUT2D eigenvalue weighted by Crippen LogP contribution is 2.32. The minimum absolute atomic E-state index is 0.207. The molecule has 0 aliphatic rings. The number of rotatable bonds is 2. The lowest BCUT2D eigenvalue weighted by Gasteiger charge is -2.12. The average Bonchev–Trinajstić information content (AvgIpc) is 2.64. The summed E-state index contributed by atoms with van der Waals surface area (Å²) in [5.74, 6) is 0. The Kier molecular flexibility index (Phi) is 3.41. The molecule has 78 valence electrons. The van der Waals surface area contributed by atoms with Gasteiger partial charge in [-0.25, -0.2) is 0 Å². The molecule has 2 aromatic heterocycles. The van der Waals surface area contributed by atoms with Gasteiger partial charge in [-0.3, -0.25) is 4.98 Å². The molecule has 0 saturated carbocycles. The molecule has 1 unspecified atom stereocenters. The first kappa shape index (κ1) is 11.1. The van der Waals surface area contributed by atoms with Crippen molar-refractivity contribution in [2.45, 2.75) is 6.04 Å². The second-order valence-corrected chi connectivity index (χ2v) is 5.06. The molecule has 0 radical (unpaired) electrons. The van der Waals surface area contributed by atoms with Crippen LogP contribution in [-0.2, 0) is 0 Å². The Morgan fingerprint density at radius 2 is 2.20 bits per heavy atom. The van der Waals surface area contributed by atoms with Gasteiger partial charge in [-0.15, -0.1) is 0 Å². The first-order chi connectivity index (χ1) is 7.20. The van der Waals surface area contributed by atoms with E-state index in [0.717, 1.165) is 15.6 Å². The van der Waals surface area contributed by atoms with E-state index in [-0.39, 0.29) is 6.04 Å². The van der Waals surface area contributed by atoms with Gasteiger partial charge in [0.15, 0.2) is 0 Å². The molecule has 0 spiro atoms. The van der Waals surface area contributed by atoms with Gasteiger partial charge in [0.1, 0.15) is 0 Å². The number of aromatic nitrogens is 1. The number of nitrogens with two attached hydrogens (primary N) is 1. The molecule has 2 rings (SSSR count). The molecule has 0 aliphatic carbocycles. The third-order valence-corrected chi connectivity index (χ3v) is 4.18. The van der Waals surface area contributed by atoms with E-state index < -0.39 is 0 Å². The van der Waals surface area contributed by atoms with Crippen LogP contribution < -0.4 is 5.73 Å². The van der Waals surface area contributed by atoms with E-state index in [1.54, 1.807) is 23.7 Å². The fraction of sp³-hybridized carbons (Fsp3) is 0.100. The van der Waals surface area contributed by atoms with Gasteiger partial charge in [-0.05, 0) is 38.5 Å². The Balaban J connectivity index is 2.41. The summed E-state index contributed by atoms with van der Waals surface area (Å²) in [6, 6.07) is 1.64. The molecular weight excluding hydrogens is 296 g/mol. The van der Waals surface area contributed by atoms with Gasteiger partial charge in [0.25, 0.3) is 0 Å². The second kappa shape index (κ2) is 4.61. The summed E-state index contributed by atoms with van der Waals surface area (Å²) in [7, 11) is 0. The van der Waals surface area contributed by atoms with Crippen molar-refractivity contribution in [3.05, 3.63) is 49.8 Å². The fourth-order valence-electron chi connectivity index (χ4n) is 1.32. The third-order valence-electron chi connectivity index (χ3n) is 2.12. The van der Waals surface area contributed by atoms with E-state index in [0.29, 0.717) is 5.02 Å². The van der Waals surface area contributed by atoms with Crippen molar-refractivity contribution in [2.75, 3.05) is 0 Å². The molecule has 0 aliphatic heterocycles. The first-order valence-corrected chi connectivity index (χ1v) is 6.38. The van der Waals surface area contributed by atoms with Crippen LogP contribution in [0.15, 0.2) is 33.7 Å². The van der Waals surface area contributed by atoms with E-state index in [2.05, 4.69) is 20.9 Å². The van der Waals surface area contributed by atoms with E-state index in [1.165, 1.54) is 0 Å². The molecule has 2 N–H and O–H groups in total. The highest BCUT2D eigenvalue weighted by molar-refractivity contribution is 9.10. The van der Waals surface area contributed by atoms with Crippen LogP contribution in [0.1, 0.15) is 17.2 Å². The molecule has 0 bridgehead atoms. The Morgan fingerprint density at radius 1 is 1.40 bits per heavy atom. The summed E-state index contributed by atoms with van der Waals surface area (Å²) in [5.41, 5.74) is 8.07. The Hall–Kier alpha value is -0.420. The molecule has 0 saturated heterocycles. The summed E-state index contributed by atoms with van der Waals surface area (Å²) in [4.78, 5) is 3.93. The van der Waals surface area contributed by atoms with Crippen LogP contribution >= 0.6 is 38.9 Å². The largest absolute Gasteiger partial charge is 0.320 e. The van der Waals surface area contributed by atoms with Gasteiger partial charge in [-0.2, -0.15) is 11.3 Å². The van der Waals surface area contributed by atoms with Crippen LogP contribution in [-0.4, -0.2) is 4.98 Å². The standard InChI is InChI=1S/C10H8BrClN2S/c11-8-5-15-4-7(8)10(13)6-1-2-14-3-9(6)12/h1-5,10H,13H2. The lowest BCUT2D eigenvalue weighted by molar-refractivity contribution is 0.868. The topological polar surface area (TPSA) is 38.9 Å². The first-order valence-electron chi connectivity index (χ1n) is 4.26. The molecule has 2 heterocycles. The predicted molar refractivity (Wildman–Crippen MR) is 67.3 cm³/mol. The van der Waals surface area contributed by atoms with E-state index >= 15 is 0 Å². The van der Waals surface area contributed by atoms with Crippen molar-refractivity contribution in [1.29, 1.82) is 0 Å². The third kappa shape index (κ3) is 2.23. The summed E-state index contributed by atoms with van der Waals surface area (Å²) in [5, 5.41) is 4.62. The lowest BCUT2D eigenvalue weighted by atomic mass is 10.0. The molecular formula is C10H8BrClN2S. The number of halogens is 2. The quantitative estimate of drug-likeness (QED) is 0.920. The highest BCUT2D eigenvalue weighted by atomic mass is 79.9. The summed E-state index contributed by atoms with van der Waals surface area (Å²) < 4.78 is 1.02. The predicted octanol–water partition coefficient (Wildman–Crippen LogP) is 3.61. The van der Waals surface area contributed by atoms with Gasteiger partial charge in [-0.1, -0.05) is 11.6 Å². The molecule has 0 amide bonds. The van der Waals surface area contributed by atoms with Crippen molar-refractivity contribution < 1.29 is 0 Å². The van der Waals surface area contributed by atoms with Crippen LogP contribution in [0.5, 0.6) is 0 Å². The molecule has 5 heteroatoms. The minimum Gasteiger partial charge on any atom is -0.320 e. The zero-order valence-corrected chi connectivity index (χ0v) is 10.8. The van der Waals surface area contributed by atoms with Crippen LogP contribution in [0.25, 0.3) is 0 Å². The van der Waals surface area contributed by atoms with Crippen LogP contribution in [0.2, 0.25) is 5.02 Å². The Labute approximate surface area is 105 Å². The fourth-order valence-corrected chi connectivity index (χ4v) is 3.14. The maximum atomic E-state index is 6.13. The number of nitrogens with zero attached hydrogens (tertiary/aromatic N) is 1. The second-order valence-electron chi connectivity index (χ2n) is 3.05. The number of thiophene rings is 1. The molecule has 2 aromatic rings. The molecule has 0 aromatic carbocycles. The maximum Gasteiger partial charge on any atom is 0.0640 e. The molecule has 1 atom stereocenters. The van der Waals surface area contributed by atoms with Crippen molar-refractivity contribution in [3.8, 4) is 0 Å². The van der Waals surface area contributed by atoms with Gasteiger partial charge < -0.3 is 5.73 Å². The van der Waals surface area contributed by atoms with Gasteiger partial charge >= 0.3 is 0 Å².